The van der Waals surface area contributed by atoms with E-state index in [2.05, 4.69) is 0 Å². The quantitative estimate of drug-likeness (QED) is 0.501. The summed E-state index contributed by atoms with van der Waals surface area (Å²) < 4.78 is 26.7. The molecule has 0 aliphatic rings. The van der Waals surface area contributed by atoms with Gasteiger partial charge in [-0.2, -0.15) is 0 Å². The molecule has 0 aliphatic carbocycles. The summed E-state index contributed by atoms with van der Waals surface area (Å²) in [6, 6.07) is 10.6. The van der Waals surface area contributed by atoms with Gasteiger partial charge >= 0.3 is 11.9 Å². The van der Waals surface area contributed by atoms with Crippen molar-refractivity contribution in [1.82, 2.24) is 0 Å². The number of fused-ring (bicyclic) bond motifs is 1. The third kappa shape index (κ3) is 6.07. The van der Waals surface area contributed by atoms with Gasteiger partial charge in [0, 0.05) is 31.7 Å². The number of ether oxygens (including phenoxy) is 5. The number of aliphatic hydroxyl groups excluding tert-OH is 1. The molecular formula is C21H26O8. The summed E-state index contributed by atoms with van der Waals surface area (Å²) in [7, 11) is 1.42. The van der Waals surface area contributed by atoms with E-state index in [-0.39, 0.29) is 0 Å². The summed E-state index contributed by atoms with van der Waals surface area (Å²) >= 11 is 0. The number of rotatable bonds is 9. The molecule has 29 heavy (non-hydrogen) atoms. The molecule has 4 unspecified atom stereocenters. The second kappa shape index (κ2) is 10.1. The lowest BCUT2D eigenvalue weighted by Crippen LogP contribution is -2.28. The molecule has 0 amide bonds. The van der Waals surface area contributed by atoms with Gasteiger partial charge in [0.05, 0.1) is 0 Å². The van der Waals surface area contributed by atoms with Gasteiger partial charge in [-0.15, -0.1) is 0 Å². The zero-order valence-corrected chi connectivity index (χ0v) is 17.1. The maximum absolute atomic E-state index is 11.8. The zero-order valence-electron chi connectivity index (χ0n) is 17.1. The highest BCUT2D eigenvalue weighted by Gasteiger charge is 2.19. The van der Waals surface area contributed by atoms with Crippen LogP contribution in [-0.4, -0.2) is 48.9 Å². The molecular weight excluding hydrogens is 380 g/mol. The molecule has 8 nitrogen and oxygen atoms in total. The Morgan fingerprint density at radius 1 is 0.793 bits per heavy atom. The Bertz CT molecular complexity index is 848. The highest BCUT2D eigenvalue weighted by atomic mass is 16.7. The lowest BCUT2D eigenvalue weighted by atomic mass is 10.1. The maximum atomic E-state index is 11.8. The van der Waals surface area contributed by atoms with E-state index in [1.54, 1.807) is 45.0 Å². The SMILES string of the molecule is COC(C)C(=O)OC(C)Oc1cccc2c(OC(C)OC(=O)C(C)O)cccc12. The lowest BCUT2D eigenvalue weighted by molar-refractivity contribution is -0.172. The van der Waals surface area contributed by atoms with E-state index >= 15 is 0 Å². The fourth-order valence-electron chi connectivity index (χ4n) is 2.48. The third-order valence-corrected chi connectivity index (χ3v) is 4.02. The third-order valence-electron chi connectivity index (χ3n) is 4.02. The Morgan fingerprint density at radius 3 is 1.66 bits per heavy atom. The van der Waals surface area contributed by atoms with E-state index in [9.17, 15) is 14.7 Å². The minimum atomic E-state index is -1.24. The number of esters is 2. The van der Waals surface area contributed by atoms with Crippen molar-refractivity contribution in [2.75, 3.05) is 7.11 Å². The lowest BCUT2D eigenvalue weighted by Gasteiger charge is -2.20. The number of carbonyl (C=O) groups excluding carboxylic acids is 2. The minimum absolute atomic E-state index is 0.469. The summed E-state index contributed by atoms with van der Waals surface area (Å²) in [5, 5.41) is 10.7. The van der Waals surface area contributed by atoms with Crippen LogP contribution < -0.4 is 9.47 Å². The van der Waals surface area contributed by atoms with Crippen molar-refractivity contribution in [2.45, 2.75) is 52.5 Å². The molecule has 158 valence electrons. The highest BCUT2D eigenvalue weighted by Crippen LogP contribution is 2.33. The van der Waals surface area contributed by atoms with Crippen LogP contribution in [0, 0.1) is 0 Å². The fourth-order valence-corrected chi connectivity index (χ4v) is 2.48. The van der Waals surface area contributed by atoms with Crippen LogP contribution in [0.25, 0.3) is 10.8 Å². The van der Waals surface area contributed by atoms with Gasteiger partial charge < -0.3 is 28.8 Å². The average Bonchev–Trinajstić information content (AvgIpc) is 2.67. The molecule has 0 fully saturated rings. The molecule has 0 bridgehead atoms. The van der Waals surface area contributed by atoms with Gasteiger partial charge in [-0.25, -0.2) is 9.59 Å². The van der Waals surface area contributed by atoms with E-state index < -0.39 is 36.7 Å². The number of hydrogen-bond acceptors (Lipinski definition) is 8. The van der Waals surface area contributed by atoms with Crippen molar-refractivity contribution in [3.05, 3.63) is 36.4 Å². The first-order valence-electron chi connectivity index (χ1n) is 9.19. The maximum Gasteiger partial charge on any atom is 0.338 e. The number of hydrogen-bond donors (Lipinski definition) is 1. The van der Waals surface area contributed by atoms with Crippen molar-refractivity contribution >= 4 is 22.7 Å². The Balaban J connectivity index is 2.18. The zero-order chi connectivity index (χ0) is 21.6. The average molecular weight is 406 g/mol. The smallest absolute Gasteiger partial charge is 0.338 e. The van der Waals surface area contributed by atoms with E-state index in [1.165, 1.54) is 14.0 Å². The molecule has 2 aromatic rings. The van der Waals surface area contributed by atoms with Crippen molar-refractivity contribution in [3.8, 4) is 11.5 Å². The number of methoxy groups -OCH3 is 1. The standard InChI is InChI=1S/C21H26O8/c1-12(22)20(23)28-14(3)26-18-10-6-9-17-16(18)8-7-11-19(17)27-15(4)29-21(24)13(2)25-5/h6-15,22H,1-5H3. The van der Waals surface area contributed by atoms with Crippen LogP contribution in [0.1, 0.15) is 27.7 Å². The number of carbonyl (C=O) groups is 2. The van der Waals surface area contributed by atoms with E-state index in [0.717, 1.165) is 5.39 Å². The van der Waals surface area contributed by atoms with Crippen molar-refractivity contribution < 1.29 is 38.4 Å². The predicted molar refractivity (Wildman–Crippen MR) is 104 cm³/mol. The molecule has 0 aromatic heterocycles. The normalized spacial score (nSPS) is 15.1. The molecule has 4 atom stereocenters. The Kier molecular flexibility index (Phi) is 7.81. The molecule has 0 spiro atoms. The second-order valence-electron chi connectivity index (χ2n) is 6.41. The number of aliphatic hydroxyl groups is 1. The summed E-state index contributed by atoms with van der Waals surface area (Å²) in [5.41, 5.74) is 0. The first-order valence-corrected chi connectivity index (χ1v) is 9.19. The van der Waals surface area contributed by atoms with Gasteiger partial charge in [0.25, 0.3) is 0 Å². The van der Waals surface area contributed by atoms with E-state index in [4.69, 9.17) is 23.7 Å². The molecule has 2 aromatic carbocycles. The molecule has 2 rings (SSSR count). The summed E-state index contributed by atoms with van der Waals surface area (Å²) in [6.45, 7) is 6.06. The molecule has 0 saturated carbocycles. The fraction of sp³-hybridized carbons (Fsp3) is 0.429. The van der Waals surface area contributed by atoms with Crippen LogP contribution in [0.5, 0.6) is 11.5 Å². The molecule has 0 saturated heterocycles. The monoisotopic (exact) mass is 406 g/mol. The first-order chi connectivity index (χ1) is 13.7. The van der Waals surface area contributed by atoms with Crippen molar-refractivity contribution in [2.24, 2.45) is 0 Å². The Hall–Kier alpha value is -2.84. The summed E-state index contributed by atoms with van der Waals surface area (Å²) in [6.07, 6.45) is -3.66. The topological polar surface area (TPSA) is 101 Å². The Morgan fingerprint density at radius 2 is 1.24 bits per heavy atom. The van der Waals surface area contributed by atoms with Gasteiger partial charge in [0.15, 0.2) is 6.10 Å². The molecule has 0 radical (unpaired) electrons. The van der Waals surface area contributed by atoms with Crippen LogP contribution in [-0.2, 0) is 23.8 Å². The van der Waals surface area contributed by atoms with Gasteiger partial charge in [0.2, 0.25) is 12.6 Å². The van der Waals surface area contributed by atoms with Crippen molar-refractivity contribution in [3.63, 3.8) is 0 Å². The van der Waals surface area contributed by atoms with Crippen LogP contribution in [0.2, 0.25) is 0 Å². The molecule has 0 heterocycles. The van der Waals surface area contributed by atoms with Crippen LogP contribution in [0.15, 0.2) is 36.4 Å². The summed E-state index contributed by atoms with van der Waals surface area (Å²) in [4.78, 5) is 23.4. The molecule has 1 N–H and O–H groups in total. The molecule has 0 aliphatic heterocycles. The first kappa shape index (κ1) is 22.4. The van der Waals surface area contributed by atoms with Crippen molar-refractivity contribution in [1.29, 1.82) is 0 Å². The minimum Gasteiger partial charge on any atom is -0.454 e. The largest absolute Gasteiger partial charge is 0.454 e. The van der Waals surface area contributed by atoms with E-state index in [1.807, 2.05) is 12.1 Å². The highest BCUT2D eigenvalue weighted by molar-refractivity contribution is 5.93. The van der Waals surface area contributed by atoms with Gasteiger partial charge in [-0.05, 0) is 26.0 Å². The van der Waals surface area contributed by atoms with Gasteiger partial charge in [0.1, 0.15) is 17.6 Å². The second-order valence-corrected chi connectivity index (χ2v) is 6.41. The molecule has 8 heteroatoms. The predicted octanol–water partition coefficient (Wildman–Crippen LogP) is 2.79. The summed E-state index contributed by atoms with van der Waals surface area (Å²) in [5.74, 6) is -0.343. The van der Waals surface area contributed by atoms with Crippen LogP contribution >= 0.6 is 0 Å². The van der Waals surface area contributed by atoms with Gasteiger partial charge in [-0.3, -0.25) is 0 Å². The van der Waals surface area contributed by atoms with E-state index in [0.29, 0.717) is 16.9 Å². The Labute approximate surface area is 169 Å². The van der Waals surface area contributed by atoms with Crippen LogP contribution in [0.4, 0.5) is 0 Å². The number of benzene rings is 2. The van der Waals surface area contributed by atoms with Gasteiger partial charge in [-0.1, -0.05) is 24.3 Å². The van der Waals surface area contributed by atoms with Crippen LogP contribution in [0.3, 0.4) is 0 Å².